The van der Waals surface area contributed by atoms with Gasteiger partial charge in [0.25, 0.3) is 0 Å². The molecule has 0 amide bonds. The third kappa shape index (κ3) is 3.34. The minimum atomic E-state index is -0.577. The van der Waals surface area contributed by atoms with Crippen LogP contribution in [0.15, 0.2) is 18.3 Å². The predicted molar refractivity (Wildman–Crippen MR) is 73.1 cm³/mol. The number of nitrogens with zero attached hydrogens (tertiary/aromatic N) is 1. The molecular weight excluding hydrogens is 228 g/mol. The van der Waals surface area contributed by atoms with Gasteiger partial charge in [0.05, 0.1) is 5.60 Å². The van der Waals surface area contributed by atoms with E-state index < -0.39 is 5.60 Å². The minimum Gasteiger partial charge on any atom is -0.388 e. The van der Waals surface area contributed by atoms with Crippen LogP contribution in [0.4, 0.5) is 11.5 Å². The van der Waals surface area contributed by atoms with Crippen LogP contribution in [0.3, 0.4) is 0 Å². The van der Waals surface area contributed by atoms with Crippen LogP contribution >= 0.6 is 0 Å². The van der Waals surface area contributed by atoms with E-state index >= 15 is 0 Å². The van der Waals surface area contributed by atoms with Crippen LogP contribution in [0.25, 0.3) is 0 Å². The topological polar surface area (TPSA) is 83.2 Å². The maximum absolute atomic E-state index is 10.5. The monoisotopic (exact) mass is 250 g/mol. The maximum Gasteiger partial charge on any atom is 0.141 e. The molecule has 0 unspecified atom stereocenters. The number of anilines is 2. The standard InChI is InChI=1S/C13H22N4O/c1-10-2-5-13(18,6-3-10)9-16-11-4-7-15-12(8-11)17-14/h4,7-8,10,18H,2-3,5-6,9,14H2,1H3,(H2,15,16,17). The molecule has 1 fully saturated rings. The Balaban J connectivity index is 1.90. The Kier molecular flexibility index (Phi) is 4.04. The van der Waals surface area contributed by atoms with E-state index in [1.807, 2.05) is 12.1 Å². The van der Waals surface area contributed by atoms with E-state index in [0.29, 0.717) is 12.4 Å². The maximum atomic E-state index is 10.5. The summed E-state index contributed by atoms with van der Waals surface area (Å²) in [7, 11) is 0. The van der Waals surface area contributed by atoms with Crippen molar-refractivity contribution in [2.45, 2.75) is 38.2 Å². The Hall–Kier alpha value is -1.33. The van der Waals surface area contributed by atoms with Crippen LogP contribution in [-0.2, 0) is 0 Å². The lowest BCUT2D eigenvalue weighted by Gasteiger charge is -2.35. The number of nitrogens with two attached hydrogens (primary N) is 1. The molecule has 5 N–H and O–H groups in total. The van der Waals surface area contributed by atoms with Gasteiger partial charge in [-0.25, -0.2) is 10.8 Å². The number of aromatic nitrogens is 1. The minimum absolute atomic E-state index is 0.577. The zero-order valence-corrected chi connectivity index (χ0v) is 10.8. The summed E-state index contributed by atoms with van der Waals surface area (Å²) in [6.45, 7) is 2.82. The molecule has 5 nitrogen and oxygen atoms in total. The summed E-state index contributed by atoms with van der Waals surface area (Å²) in [5.74, 6) is 6.66. The number of rotatable bonds is 4. The summed E-state index contributed by atoms with van der Waals surface area (Å²) in [6, 6.07) is 3.70. The predicted octanol–water partition coefficient (Wildman–Crippen LogP) is 1.72. The van der Waals surface area contributed by atoms with Gasteiger partial charge in [0.1, 0.15) is 5.82 Å². The highest BCUT2D eigenvalue weighted by molar-refractivity contribution is 5.51. The van der Waals surface area contributed by atoms with E-state index in [1.54, 1.807) is 6.20 Å². The molecule has 0 aromatic carbocycles. The number of nitrogens with one attached hydrogen (secondary N) is 2. The van der Waals surface area contributed by atoms with E-state index in [-0.39, 0.29) is 0 Å². The van der Waals surface area contributed by atoms with Gasteiger partial charge in [0.2, 0.25) is 0 Å². The fourth-order valence-corrected chi connectivity index (χ4v) is 2.36. The molecule has 1 saturated carbocycles. The first kappa shape index (κ1) is 13.1. The molecule has 1 aliphatic rings. The normalized spacial score (nSPS) is 27.8. The van der Waals surface area contributed by atoms with E-state index in [9.17, 15) is 5.11 Å². The Morgan fingerprint density at radius 1 is 1.50 bits per heavy atom. The van der Waals surface area contributed by atoms with Gasteiger partial charge in [-0.3, -0.25) is 0 Å². The molecule has 18 heavy (non-hydrogen) atoms. The van der Waals surface area contributed by atoms with Gasteiger partial charge in [-0.1, -0.05) is 6.92 Å². The van der Waals surface area contributed by atoms with Gasteiger partial charge in [0, 0.05) is 24.5 Å². The number of aliphatic hydroxyl groups is 1. The van der Waals surface area contributed by atoms with E-state index in [2.05, 4.69) is 22.7 Å². The third-order valence-corrected chi connectivity index (χ3v) is 3.73. The highest BCUT2D eigenvalue weighted by atomic mass is 16.3. The first-order valence-corrected chi connectivity index (χ1v) is 6.50. The molecular formula is C13H22N4O. The van der Waals surface area contributed by atoms with Crippen LogP contribution < -0.4 is 16.6 Å². The van der Waals surface area contributed by atoms with Crippen molar-refractivity contribution in [3.63, 3.8) is 0 Å². The number of hydrazine groups is 1. The van der Waals surface area contributed by atoms with Crippen molar-refractivity contribution in [2.24, 2.45) is 11.8 Å². The van der Waals surface area contributed by atoms with E-state index in [0.717, 1.165) is 37.3 Å². The molecule has 0 aliphatic heterocycles. The van der Waals surface area contributed by atoms with Crippen molar-refractivity contribution in [3.8, 4) is 0 Å². The van der Waals surface area contributed by atoms with Crippen molar-refractivity contribution in [1.29, 1.82) is 0 Å². The largest absolute Gasteiger partial charge is 0.388 e. The lowest BCUT2D eigenvalue weighted by atomic mass is 9.79. The SMILES string of the molecule is CC1CCC(O)(CNc2ccnc(NN)c2)CC1. The summed E-state index contributed by atoms with van der Waals surface area (Å²) in [5.41, 5.74) is 2.85. The Morgan fingerprint density at radius 3 is 2.89 bits per heavy atom. The first-order valence-electron chi connectivity index (χ1n) is 6.50. The second-order valence-electron chi connectivity index (χ2n) is 5.33. The molecule has 0 spiro atoms. The molecule has 0 saturated heterocycles. The van der Waals surface area contributed by atoms with E-state index in [1.165, 1.54) is 0 Å². The van der Waals surface area contributed by atoms with Crippen LogP contribution in [0, 0.1) is 5.92 Å². The first-order chi connectivity index (χ1) is 8.61. The summed E-state index contributed by atoms with van der Waals surface area (Å²) in [4.78, 5) is 4.04. The quantitative estimate of drug-likeness (QED) is 0.483. The number of pyridine rings is 1. The van der Waals surface area contributed by atoms with Crippen molar-refractivity contribution in [1.82, 2.24) is 4.98 Å². The third-order valence-electron chi connectivity index (χ3n) is 3.73. The van der Waals surface area contributed by atoms with Crippen LogP contribution in [0.2, 0.25) is 0 Å². The van der Waals surface area contributed by atoms with Gasteiger partial charge in [-0.05, 0) is 37.7 Å². The Bertz CT molecular complexity index is 388. The molecule has 2 rings (SSSR count). The number of hydrogen-bond donors (Lipinski definition) is 4. The van der Waals surface area contributed by atoms with Gasteiger partial charge < -0.3 is 15.8 Å². The molecule has 0 radical (unpaired) electrons. The lowest BCUT2D eigenvalue weighted by molar-refractivity contribution is 0.00501. The fourth-order valence-electron chi connectivity index (χ4n) is 2.36. The van der Waals surface area contributed by atoms with Gasteiger partial charge in [-0.15, -0.1) is 0 Å². The zero-order chi connectivity index (χ0) is 13.0. The molecule has 0 atom stereocenters. The summed E-state index contributed by atoms with van der Waals surface area (Å²) in [5, 5.41) is 13.7. The second kappa shape index (κ2) is 5.54. The summed E-state index contributed by atoms with van der Waals surface area (Å²) >= 11 is 0. The molecule has 100 valence electrons. The van der Waals surface area contributed by atoms with Crippen LogP contribution in [0.5, 0.6) is 0 Å². The average molecular weight is 250 g/mol. The van der Waals surface area contributed by atoms with Gasteiger partial charge in [-0.2, -0.15) is 0 Å². The molecule has 1 aromatic rings. The van der Waals surface area contributed by atoms with Crippen LogP contribution in [0.1, 0.15) is 32.6 Å². The summed E-state index contributed by atoms with van der Waals surface area (Å²) in [6.07, 6.45) is 5.63. The zero-order valence-electron chi connectivity index (χ0n) is 10.8. The Labute approximate surface area is 108 Å². The number of nitrogen functional groups attached to an aromatic ring is 1. The average Bonchev–Trinajstić information content (AvgIpc) is 2.41. The molecule has 1 aliphatic carbocycles. The fraction of sp³-hybridized carbons (Fsp3) is 0.615. The molecule has 1 heterocycles. The van der Waals surface area contributed by atoms with E-state index in [4.69, 9.17) is 5.84 Å². The van der Waals surface area contributed by atoms with Gasteiger partial charge in [0.15, 0.2) is 0 Å². The molecule has 0 bridgehead atoms. The summed E-state index contributed by atoms with van der Waals surface area (Å²) < 4.78 is 0. The smallest absolute Gasteiger partial charge is 0.141 e. The van der Waals surface area contributed by atoms with Crippen molar-refractivity contribution < 1.29 is 5.11 Å². The van der Waals surface area contributed by atoms with Crippen molar-refractivity contribution >= 4 is 11.5 Å². The Morgan fingerprint density at radius 2 is 2.22 bits per heavy atom. The second-order valence-corrected chi connectivity index (χ2v) is 5.33. The van der Waals surface area contributed by atoms with Gasteiger partial charge >= 0.3 is 0 Å². The van der Waals surface area contributed by atoms with Crippen LogP contribution in [-0.4, -0.2) is 22.2 Å². The van der Waals surface area contributed by atoms with Crippen molar-refractivity contribution in [2.75, 3.05) is 17.3 Å². The highest BCUT2D eigenvalue weighted by Crippen LogP contribution is 2.32. The molecule has 5 heteroatoms. The molecule has 1 aromatic heterocycles. The highest BCUT2D eigenvalue weighted by Gasteiger charge is 2.31. The lowest BCUT2D eigenvalue weighted by Crippen LogP contribution is -2.40. The van der Waals surface area contributed by atoms with Crippen molar-refractivity contribution in [3.05, 3.63) is 18.3 Å². The number of hydrogen-bond acceptors (Lipinski definition) is 5.